The van der Waals surface area contributed by atoms with Crippen LogP contribution in [0.5, 0.6) is 0 Å². The third-order valence-electron chi connectivity index (χ3n) is 4.35. The van der Waals surface area contributed by atoms with Gasteiger partial charge in [0, 0.05) is 21.0 Å². The topological polar surface area (TPSA) is 89.3 Å². The van der Waals surface area contributed by atoms with Gasteiger partial charge in [0.2, 0.25) is 10.0 Å². The van der Waals surface area contributed by atoms with Gasteiger partial charge < -0.3 is 5.32 Å². The molecule has 3 rings (SSSR count). The van der Waals surface area contributed by atoms with E-state index in [4.69, 9.17) is 28.3 Å². The molecule has 0 saturated heterocycles. The van der Waals surface area contributed by atoms with Crippen LogP contribution >= 0.6 is 34.5 Å². The summed E-state index contributed by atoms with van der Waals surface area (Å²) in [5.41, 5.74) is 0.835. The number of hydrogen-bond donors (Lipinski definition) is 2. The second-order valence-electron chi connectivity index (χ2n) is 6.20. The van der Waals surface area contributed by atoms with Gasteiger partial charge in [-0.3, -0.25) is 4.79 Å². The molecule has 3 N–H and O–H groups in total. The molecule has 1 aliphatic carbocycles. The van der Waals surface area contributed by atoms with Crippen LogP contribution in [-0.4, -0.2) is 19.9 Å². The summed E-state index contributed by atoms with van der Waals surface area (Å²) in [7, 11) is -3.80. The molecule has 1 amide bonds. The monoisotopic (exact) mass is 418 g/mol. The number of sulfonamides is 1. The molecule has 1 aromatic carbocycles. The number of rotatable bonds is 5. The highest BCUT2D eigenvalue weighted by atomic mass is 35.5. The van der Waals surface area contributed by atoms with Crippen LogP contribution in [0.1, 0.15) is 35.2 Å². The Morgan fingerprint density at radius 3 is 2.52 bits per heavy atom. The highest BCUT2D eigenvalue weighted by molar-refractivity contribution is 7.91. The van der Waals surface area contributed by atoms with Gasteiger partial charge in [0.05, 0.1) is 5.56 Å². The van der Waals surface area contributed by atoms with Gasteiger partial charge in [-0.05, 0) is 49.4 Å². The van der Waals surface area contributed by atoms with Crippen molar-refractivity contribution >= 4 is 50.5 Å². The summed E-state index contributed by atoms with van der Waals surface area (Å²) in [6.07, 6.45) is 3.28. The van der Waals surface area contributed by atoms with Crippen molar-refractivity contribution in [3.05, 3.63) is 50.8 Å². The number of primary sulfonamides is 1. The zero-order valence-electron chi connectivity index (χ0n) is 13.1. The standard InChI is InChI=1S/C16H16Cl2N2O3S2/c17-12-3-2-10(13(18)7-12)8-16(4-1-5-16)20-15(21)11-6-14(24-9-11)25(19,22)23/h2-3,6-7,9H,1,4-5,8H2,(H,20,21)(H2,19,22,23). The number of carbonyl (C=O) groups is 1. The average molecular weight is 419 g/mol. The smallest absolute Gasteiger partial charge is 0.252 e. The highest BCUT2D eigenvalue weighted by Gasteiger charge is 2.39. The van der Waals surface area contributed by atoms with E-state index in [0.717, 1.165) is 36.2 Å². The van der Waals surface area contributed by atoms with Gasteiger partial charge in [-0.25, -0.2) is 13.6 Å². The van der Waals surface area contributed by atoms with E-state index in [2.05, 4.69) is 5.32 Å². The molecule has 25 heavy (non-hydrogen) atoms. The predicted octanol–water partition coefficient (Wildman–Crippen LogP) is 3.60. The Hall–Kier alpha value is -1.12. The first-order valence-electron chi connectivity index (χ1n) is 7.56. The van der Waals surface area contributed by atoms with Gasteiger partial charge in [0.1, 0.15) is 4.21 Å². The van der Waals surface area contributed by atoms with Crippen LogP contribution < -0.4 is 10.5 Å². The maximum Gasteiger partial charge on any atom is 0.252 e. The minimum Gasteiger partial charge on any atom is -0.346 e. The molecule has 0 bridgehead atoms. The number of halogens is 2. The van der Waals surface area contributed by atoms with Crippen molar-refractivity contribution in [2.24, 2.45) is 5.14 Å². The summed E-state index contributed by atoms with van der Waals surface area (Å²) < 4.78 is 22.7. The summed E-state index contributed by atoms with van der Waals surface area (Å²) >= 11 is 13.1. The quantitative estimate of drug-likeness (QED) is 0.776. The first kappa shape index (κ1) is 18.7. The van der Waals surface area contributed by atoms with Gasteiger partial charge in [0.25, 0.3) is 5.91 Å². The Labute approximate surface area is 160 Å². The molecule has 134 valence electrons. The van der Waals surface area contributed by atoms with Crippen molar-refractivity contribution < 1.29 is 13.2 Å². The average Bonchev–Trinajstić information content (AvgIpc) is 2.97. The maximum atomic E-state index is 12.5. The second kappa shape index (κ2) is 6.89. The van der Waals surface area contributed by atoms with Crippen LogP contribution in [0.3, 0.4) is 0 Å². The van der Waals surface area contributed by atoms with E-state index in [1.165, 1.54) is 11.4 Å². The van der Waals surface area contributed by atoms with Crippen LogP contribution in [0.15, 0.2) is 33.9 Å². The van der Waals surface area contributed by atoms with Gasteiger partial charge >= 0.3 is 0 Å². The molecule has 1 fully saturated rings. The summed E-state index contributed by atoms with van der Waals surface area (Å²) in [6.45, 7) is 0. The molecule has 1 aromatic heterocycles. The minimum absolute atomic E-state index is 0.0268. The molecule has 0 atom stereocenters. The molecule has 1 saturated carbocycles. The Kier molecular flexibility index (Phi) is 5.14. The Balaban J connectivity index is 1.77. The lowest BCUT2D eigenvalue weighted by molar-refractivity contribution is 0.0827. The lowest BCUT2D eigenvalue weighted by Crippen LogP contribution is -2.55. The molecule has 5 nitrogen and oxygen atoms in total. The fourth-order valence-corrected chi connectivity index (χ4v) is 4.94. The van der Waals surface area contributed by atoms with Crippen LogP contribution in [0.2, 0.25) is 10.0 Å². The molecule has 2 aromatic rings. The number of benzene rings is 1. The lowest BCUT2D eigenvalue weighted by Gasteiger charge is -2.43. The van der Waals surface area contributed by atoms with Gasteiger partial charge in [-0.15, -0.1) is 11.3 Å². The fraction of sp³-hybridized carbons (Fsp3) is 0.312. The molecular weight excluding hydrogens is 403 g/mol. The van der Waals surface area contributed by atoms with E-state index >= 15 is 0 Å². The minimum atomic E-state index is -3.80. The largest absolute Gasteiger partial charge is 0.346 e. The molecule has 1 heterocycles. The van der Waals surface area contributed by atoms with Crippen LogP contribution in [-0.2, 0) is 16.4 Å². The number of carbonyl (C=O) groups excluding carboxylic acids is 1. The molecular formula is C16H16Cl2N2O3S2. The van der Waals surface area contributed by atoms with Crippen molar-refractivity contribution in [1.29, 1.82) is 0 Å². The summed E-state index contributed by atoms with van der Waals surface area (Å²) in [4.78, 5) is 12.5. The fourth-order valence-electron chi connectivity index (χ4n) is 2.88. The van der Waals surface area contributed by atoms with E-state index in [0.29, 0.717) is 22.0 Å². The van der Waals surface area contributed by atoms with Crippen molar-refractivity contribution in [3.63, 3.8) is 0 Å². The number of thiophene rings is 1. The normalized spacial score (nSPS) is 16.3. The molecule has 0 aliphatic heterocycles. The van der Waals surface area contributed by atoms with E-state index in [1.807, 2.05) is 6.07 Å². The second-order valence-corrected chi connectivity index (χ2v) is 9.74. The Bertz CT molecular complexity index is 921. The SMILES string of the molecule is NS(=O)(=O)c1cc(C(=O)NC2(Cc3ccc(Cl)cc3Cl)CCC2)cs1. The number of nitrogens with one attached hydrogen (secondary N) is 1. The number of amides is 1. The lowest BCUT2D eigenvalue weighted by atomic mass is 9.72. The predicted molar refractivity (Wildman–Crippen MR) is 99.9 cm³/mol. The van der Waals surface area contributed by atoms with E-state index in [-0.39, 0.29) is 15.7 Å². The van der Waals surface area contributed by atoms with Crippen molar-refractivity contribution in [2.45, 2.75) is 35.4 Å². The highest BCUT2D eigenvalue weighted by Crippen LogP contribution is 2.37. The van der Waals surface area contributed by atoms with Crippen LogP contribution in [0.4, 0.5) is 0 Å². The molecule has 0 unspecified atom stereocenters. The van der Waals surface area contributed by atoms with Crippen LogP contribution in [0.25, 0.3) is 0 Å². The van der Waals surface area contributed by atoms with Gasteiger partial charge in [-0.1, -0.05) is 29.3 Å². The molecule has 9 heteroatoms. The van der Waals surface area contributed by atoms with Crippen LogP contribution in [0, 0.1) is 0 Å². The van der Waals surface area contributed by atoms with E-state index < -0.39 is 10.0 Å². The Morgan fingerprint density at radius 1 is 1.28 bits per heavy atom. The molecule has 1 aliphatic rings. The third-order valence-corrected chi connectivity index (χ3v) is 7.32. The first-order chi connectivity index (χ1) is 11.7. The number of hydrogen-bond acceptors (Lipinski definition) is 4. The van der Waals surface area contributed by atoms with Crippen molar-refractivity contribution in [1.82, 2.24) is 5.32 Å². The zero-order valence-corrected chi connectivity index (χ0v) is 16.2. The summed E-state index contributed by atoms with van der Waals surface area (Å²) in [5, 5.41) is 10.8. The molecule has 0 spiro atoms. The third kappa shape index (κ3) is 4.17. The zero-order chi connectivity index (χ0) is 18.2. The first-order valence-corrected chi connectivity index (χ1v) is 10.7. The summed E-state index contributed by atoms with van der Waals surface area (Å²) in [6, 6.07) is 6.62. The molecule has 0 radical (unpaired) electrons. The number of nitrogens with two attached hydrogens (primary N) is 1. The summed E-state index contributed by atoms with van der Waals surface area (Å²) in [5.74, 6) is -0.309. The van der Waals surface area contributed by atoms with E-state index in [1.54, 1.807) is 12.1 Å². The van der Waals surface area contributed by atoms with E-state index in [9.17, 15) is 13.2 Å². The van der Waals surface area contributed by atoms with Gasteiger partial charge in [0.15, 0.2) is 0 Å². The van der Waals surface area contributed by atoms with Crippen molar-refractivity contribution in [3.8, 4) is 0 Å². The van der Waals surface area contributed by atoms with Gasteiger partial charge in [-0.2, -0.15) is 0 Å². The maximum absolute atomic E-state index is 12.5. The Morgan fingerprint density at radius 2 is 2.00 bits per heavy atom. The van der Waals surface area contributed by atoms with Crippen molar-refractivity contribution in [2.75, 3.05) is 0 Å².